The number of carboxylic acids is 1. The van der Waals surface area contributed by atoms with Crippen LogP contribution >= 0.6 is 0 Å². The minimum Gasteiger partial charge on any atom is -0.480 e. The van der Waals surface area contributed by atoms with Gasteiger partial charge in [-0.2, -0.15) is 0 Å². The standard InChI is InChI=1S/C28H35N5O5/c1-16(2)24(33-25(34)21(29)14-19-15-30-22-12-8-7-11-20(19)22)27(36)32-23(13-18-9-5-4-6-10-18)26(35)31-17(3)28(37)38/h4-12,15-17,21,23-24,30H,13-14,29H2,1-3H3,(H,31,35)(H,32,36)(H,33,34)(H,37,38). The van der Waals surface area contributed by atoms with Gasteiger partial charge in [0.15, 0.2) is 0 Å². The summed E-state index contributed by atoms with van der Waals surface area (Å²) in [4.78, 5) is 53.6. The van der Waals surface area contributed by atoms with Crippen molar-refractivity contribution in [3.8, 4) is 0 Å². The molecule has 0 aliphatic rings. The summed E-state index contributed by atoms with van der Waals surface area (Å²) in [6, 6.07) is 12.7. The molecular formula is C28H35N5O5. The Morgan fingerprint density at radius 1 is 0.842 bits per heavy atom. The number of carbonyl (C=O) groups is 4. The fourth-order valence-electron chi connectivity index (χ4n) is 4.12. The Balaban J connectivity index is 1.71. The Labute approximate surface area is 221 Å². The van der Waals surface area contributed by atoms with E-state index in [1.54, 1.807) is 38.1 Å². The molecule has 0 spiro atoms. The highest BCUT2D eigenvalue weighted by Crippen LogP contribution is 2.19. The first-order valence-electron chi connectivity index (χ1n) is 12.5. The number of aromatic amines is 1. The monoisotopic (exact) mass is 521 g/mol. The highest BCUT2D eigenvalue weighted by atomic mass is 16.4. The third-order valence-corrected chi connectivity index (χ3v) is 6.34. The van der Waals surface area contributed by atoms with Gasteiger partial charge in [-0.05, 0) is 36.5 Å². The lowest BCUT2D eigenvalue weighted by molar-refractivity contribution is -0.141. The Kier molecular flexibility index (Phi) is 9.61. The molecule has 1 heterocycles. The first-order valence-corrected chi connectivity index (χ1v) is 12.5. The van der Waals surface area contributed by atoms with Gasteiger partial charge in [0.1, 0.15) is 18.1 Å². The molecule has 0 aliphatic carbocycles. The molecule has 2 aromatic carbocycles. The van der Waals surface area contributed by atoms with Crippen molar-refractivity contribution in [2.24, 2.45) is 11.7 Å². The van der Waals surface area contributed by atoms with Crippen LogP contribution in [-0.4, -0.2) is 57.9 Å². The summed E-state index contributed by atoms with van der Waals surface area (Å²) < 4.78 is 0. The Morgan fingerprint density at radius 3 is 2.16 bits per heavy atom. The summed E-state index contributed by atoms with van der Waals surface area (Å²) in [6.07, 6.45) is 2.23. The Morgan fingerprint density at radius 2 is 1.50 bits per heavy atom. The first-order chi connectivity index (χ1) is 18.1. The third kappa shape index (κ3) is 7.42. The number of carbonyl (C=O) groups excluding carboxylic acids is 3. The number of para-hydroxylation sites is 1. The quantitative estimate of drug-likeness (QED) is 0.211. The van der Waals surface area contributed by atoms with Crippen LogP contribution in [0, 0.1) is 5.92 Å². The number of hydrogen-bond acceptors (Lipinski definition) is 5. The number of aromatic nitrogens is 1. The number of aliphatic carboxylic acids is 1. The Hall–Kier alpha value is -4.18. The molecule has 7 N–H and O–H groups in total. The molecule has 10 nitrogen and oxygen atoms in total. The zero-order valence-electron chi connectivity index (χ0n) is 21.7. The maximum absolute atomic E-state index is 13.3. The van der Waals surface area contributed by atoms with Crippen molar-refractivity contribution in [1.82, 2.24) is 20.9 Å². The van der Waals surface area contributed by atoms with Crippen molar-refractivity contribution in [1.29, 1.82) is 0 Å². The van der Waals surface area contributed by atoms with E-state index in [2.05, 4.69) is 20.9 Å². The number of rotatable bonds is 12. The predicted molar refractivity (Wildman–Crippen MR) is 144 cm³/mol. The lowest BCUT2D eigenvalue weighted by atomic mass is 9.99. The van der Waals surface area contributed by atoms with E-state index in [0.717, 1.165) is 22.0 Å². The van der Waals surface area contributed by atoms with Gasteiger partial charge in [-0.1, -0.05) is 62.4 Å². The maximum atomic E-state index is 13.3. The van der Waals surface area contributed by atoms with Gasteiger partial charge in [0, 0.05) is 23.5 Å². The summed E-state index contributed by atoms with van der Waals surface area (Å²) >= 11 is 0. The average Bonchev–Trinajstić information content (AvgIpc) is 3.29. The number of nitrogens with two attached hydrogens (primary N) is 1. The van der Waals surface area contributed by atoms with Gasteiger partial charge < -0.3 is 31.8 Å². The molecule has 4 unspecified atom stereocenters. The second-order valence-electron chi connectivity index (χ2n) is 9.72. The summed E-state index contributed by atoms with van der Waals surface area (Å²) in [5, 5.41) is 18.0. The number of benzene rings is 2. The van der Waals surface area contributed by atoms with Crippen LogP contribution in [0.25, 0.3) is 10.9 Å². The highest BCUT2D eigenvalue weighted by molar-refractivity contribution is 5.94. The molecule has 3 amide bonds. The minimum absolute atomic E-state index is 0.142. The summed E-state index contributed by atoms with van der Waals surface area (Å²) in [7, 11) is 0. The van der Waals surface area contributed by atoms with Gasteiger partial charge in [0.25, 0.3) is 0 Å². The smallest absolute Gasteiger partial charge is 0.325 e. The minimum atomic E-state index is -1.19. The van der Waals surface area contributed by atoms with Gasteiger partial charge in [-0.25, -0.2) is 0 Å². The normalized spacial score (nSPS) is 14.3. The van der Waals surface area contributed by atoms with E-state index in [0.29, 0.717) is 0 Å². The van der Waals surface area contributed by atoms with Crippen molar-refractivity contribution in [3.05, 3.63) is 71.9 Å². The summed E-state index contributed by atoms with van der Waals surface area (Å²) in [5.74, 6) is -3.20. The molecule has 10 heteroatoms. The molecule has 0 aliphatic heterocycles. The molecule has 3 rings (SSSR count). The topological polar surface area (TPSA) is 166 Å². The maximum Gasteiger partial charge on any atom is 0.325 e. The largest absolute Gasteiger partial charge is 0.480 e. The van der Waals surface area contributed by atoms with E-state index >= 15 is 0 Å². The summed E-state index contributed by atoms with van der Waals surface area (Å²) in [6.45, 7) is 4.89. The molecule has 0 fully saturated rings. The zero-order valence-corrected chi connectivity index (χ0v) is 21.7. The van der Waals surface area contributed by atoms with Crippen molar-refractivity contribution >= 4 is 34.6 Å². The fourth-order valence-corrected chi connectivity index (χ4v) is 4.12. The fraction of sp³-hybridized carbons (Fsp3) is 0.357. The molecule has 4 atom stereocenters. The van der Waals surface area contributed by atoms with Crippen LogP contribution in [0.4, 0.5) is 0 Å². The second-order valence-corrected chi connectivity index (χ2v) is 9.72. The average molecular weight is 522 g/mol. The highest BCUT2D eigenvalue weighted by Gasteiger charge is 2.31. The Bertz CT molecular complexity index is 1270. The SMILES string of the molecule is CC(NC(=O)C(Cc1ccccc1)NC(=O)C(NC(=O)C(N)Cc1c[nH]c2ccccc12)C(C)C)C(=O)O. The van der Waals surface area contributed by atoms with Crippen LogP contribution in [-0.2, 0) is 32.0 Å². The second kappa shape index (κ2) is 12.9. The molecule has 1 aromatic heterocycles. The van der Waals surface area contributed by atoms with E-state index in [-0.39, 0.29) is 18.8 Å². The van der Waals surface area contributed by atoms with Gasteiger partial charge in [0.2, 0.25) is 17.7 Å². The van der Waals surface area contributed by atoms with Gasteiger partial charge in [-0.3, -0.25) is 19.2 Å². The van der Waals surface area contributed by atoms with Crippen LogP contribution in [0.1, 0.15) is 31.9 Å². The summed E-state index contributed by atoms with van der Waals surface area (Å²) in [5.41, 5.74) is 8.81. The molecule has 3 aromatic rings. The van der Waals surface area contributed by atoms with Crippen molar-refractivity contribution in [2.45, 2.75) is 57.8 Å². The van der Waals surface area contributed by atoms with E-state index < -0.39 is 47.9 Å². The van der Waals surface area contributed by atoms with E-state index in [1.165, 1.54) is 6.92 Å². The van der Waals surface area contributed by atoms with Gasteiger partial charge >= 0.3 is 5.97 Å². The molecule has 202 valence electrons. The van der Waals surface area contributed by atoms with Gasteiger partial charge in [0.05, 0.1) is 6.04 Å². The van der Waals surface area contributed by atoms with Crippen LogP contribution in [0.5, 0.6) is 0 Å². The lowest BCUT2D eigenvalue weighted by Crippen LogP contribution is -2.58. The third-order valence-electron chi connectivity index (χ3n) is 6.34. The van der Waals surface area contributed by atoms with Crippen LogP contribution in [0.3, 0.4) is 0 Å². The zero-order chi connectivity index (χ0) is 27.8. The number of fused-ring (bicyclic) bond motifs is 1. The van der Waals surface area contributed by atoms with Crippen molar-refractivity contribution in [2.75, 3.05) is 0 Å². The molecule has 38 heavy (non-hydrogen) atoms. The number of nitrogens with one attached hydrogen (secondary N) is 4. The number of H-pyrrole nitrogens is 1. The number of amides is 3. The number of hydrogen-bond donors (Lipinski definition) is 6. The predicted octanol–water partition coefficient (Wildman–Crippen LogP) is 1.50. The van der Waals surface area contributed by atoms with E-state index in [1.807, 2.05) is 36.5 Å². The van der Waals surface area contributed by atoms with Crippen molar-refractivity contribution in [3.63, 3.8) is 0 Å². The van der Waals surface area contributed by atoms with E-state index in [9.17, 15) is 24.3 Å². The van der Waals surface area contributed by atoms with Crippen LogP contribution < -0.4 is 21.7 Å². The van der Waals surface area contributed by atoms with Crippen molar-refractivity contribution < 1.29 is 24.3 Å². The lowest BCUT2D eigenvalue weighted by Gasteiger charge is -2.26. The van der Waals surface area contributed by atoms with Crippen LogP contribution in [0.15, 0.2) is 60.8 Å². The van der Waals surface area contributed by atoms with E-state index in [4.69, 9.17) is 5.73 Å². The first kappa shape index (κ1) is 28.4. The molecular weight excluding hydrogens is 486 g/mol. The number of carboxylic acid groups (broad SMARTS) is 1. The van der Waals surface area contributed by atoms with Gasteiger partial charge in [-0.15, -0.1) is 0 Å². The van der Waals surface area contributed by atoms with Crippen LogP contribution in [0.2, 0.25) is 0 Å². The molecule has 0 radical (unpaired) electrons. The molecule has 0 saturated carbocycles. The molecule has 0 saturated heterocycles. The molecule has 0 bridgehead atoms.